The molecular weight excluding hydrogens is 378 g/mol. The number of ether oxygens (including phenoxy) is 3. The molecule has 26 heavy (non-hydrogen) atoms. The summed E-state index contributed by atoms with van der Waals surface area (Å²) in [5.74, 6) is -2.21. The number of hydrogen-bond acceptors (Lipinski definition) is 9. The summed E-state index contributed by atoms with van der Waals surface area (Å²) in [6, 6.07) is 0. The number of rotatable bonds is 8. The Morgan fingerprint density at radius 2 is 1.88 bits per heavy atom. The van der Waals surface area contributed by atoms with Crippen molar-refractivity contribution in [2.24, 2.45) is 23.2 Å². The van der Waals surface area contributed by atoms with Crippen LogP contribution in [0.1, 0.15) is 32.1 Å². The fraction of sp³-hybridized carbons (Fsp3) is 0.867. The number of halogens is 2. The maximum absolute atomic E-state index is 13.6. The molecule has 4 rings (SSSR count). The van der Waals surface area contributed by atoms with Crippen LogP contribution in [0.2, 0.25) is 0 Å². The van der Waals surface area contributed by atoms with Crippen LogP contribution in [-0.4, -0.2) is 37.2 Å². The molecule has 4 aliphatic carbocycles. The second kappa shape index (κ2) is 7.55. The molecule has 8 nitrogen and oxygen atoms in total. The van der Waals surface area contributed by atoms with Gasteiger partial charge in [0.15, 0.2) is 6.79 Å². The zero-order valence-electron chi connectivity index (χ0n) is 14.0. The third-order valence-corrected chi connectivity index (χ3v) is 6.07. The lowest BCUT2D eigenvalue weighted by Gasteiger charge is -2.57. The van der Waals surface area contributed by atoms with E-state index in [-0.39, 0.29) is 30.5 Å². The maximum Gasteiger partial charge on any atom is 0.415 e. The van der Waals surface area contributed by atoms with Crippen LogP contribution >= 0.6 is 12.0 Å². The van der Waals surface area contributed by atoms with Crippen molar-refractivity contribution in [3.63, 3.8) is 0 Å². The maximum atomic E-state index is 13.6. The van der Waals surface area contributed by atoms with Crippen molar-refractivity contribution >= 4 is 24.0 Å². The minimum absolute atomic E-state index is 0.135. The van der Waals surface area contributed by atoms with Gasteiger partial charge < -0.3 is 19.5 Å². The lowest BCUT2D eigenvalue weighted by Crippen LogP contribution is -2.58. The molecule has 0 aliphatic heterocycles. The van der Waals surface area contributed by atoms with Crippen LogP contribution in [0, 0.1) is 23.2 Å². The number of carbonyl (C=O) groups is 2. The zero-order valence-corrected chi connectivity index (χ0v) is 14.8. The minimum atomic E-state index is -4.06. The molecule has 0 radical (unpaired) electrons. The molecule has 11 heteroatoms. The van der Waals surface area contributed by atoms with Gasteiger partial charge in [0.25, 0.3) is 0 Å². The summed E-state index contributed by atoms with van der Waals surface area (Å²) < 4.78 is 45.8. The Morgan fingerprint density at radius 1 is 1.23 bits per heavy atom. The monoisotopic (exact) mass is 397 g/mol. The van der Waals surface area contributed by atoms with Crippen LogP contribution in [-0.2, 0) is 33.2 Å². The number of hydrogen-bond donors (Lipinski definition) is 0. The summed E-state index contributed by atoms with van der Waals surface area (Å²) in [6.07, 6.45) is 2.30. The van der Waals surface area contributed by atoms with Gasteiger partial charge in [0.1, 0.15) is 18.1 Å². The van der Waals surface area contributed by atoms with Gasteiger partial charge in [0.05, 0.1) is 5.41 Å². The van der Waals surface area contributed by atoms with E-state index in [9.17, 15) is 23.6 Å². The Kier molecular flexibility index (Phi) is 5.73. The molecule has 0 N–H and O–H groups in total. The summed E-state index contributed by atoms with van der Waals surface area (Å²) in [6.45, 7) is -0.135. The first-order valence-electron chi connectivity index (χ1n) is 8.20. The third-order valence-electron chi connectivity index (χ3n) is 5.57. The lowest BCUT2D eigenvalue weighted by molar-refractivity contribution is -0.777. The Labute approximate surface area is 152 Å². The molecule has 4 fully saturated rings. The number of carbonyl (C=O) groups excluding carboxylic acids is 2. The summed E-state index contributed by atoms with van der Waals surface area (Å²) in [4.78, 5) is 24.2. The van der Waals surface area contributed by atoms with Crippen LogP contribution in [0.25, 0.3) is 0 Å². The van der Waals surface area contributed by atoms with Crippen LogP contribution in [0.4, 0.5) is 8.78 Å². The van der Waals surface area contributed by atoms with E-state index >= 15 is 0 Å². The molecule has 0 heterocycles. The van der Waals surface area contributed by atoms with Gasteiger partial charge in [-0.2, -0.15) is 13.1 Å². The molecule has 0 spiro atoms. The van der Waals surface area contributed by atoms with Crippen molar-refractivity contribution in [2.45, 2.75) is 43.5 Å². The summed E-state index contributed by atoms with van der Waals surface area (Å²) in [5, 5.41) is 8.47. The number of esters is 2. The molecule has 148 valence electrons. The quantitative estimate of drug-likeness (QED) is 0.197. The average molecular weight is 397 g/mol. The van der Waals surface area contributed by atoms with E-state index in [1.807, 2.05) is 0 Å². The number of methoxy groups -OCH3 is 1. The molecule has 0 amide bonds. The molecule has 2 unspecified atom stereocenters. The Morgan fingerprint density at radius 3 is 2.46 bits per heavy atom. The average Bonchev–Trinajstić information content (AvgIpc) is 2.60. The van der Waals surface area contributed by atoms with Crippen LogP contribution in [0.15, 0.2) is 0 Å². The van der Waals surface area contributed by atoms with Crippen molar-refractivity contribution in [1.29, 1.82) is 0 Å². The smallest absolute Gasteiger partial charge is 0.415 e. The van der Waals surface area contributed by atoms with E-state index in [0.717, 1.165) is 0 Å². The largest absolute Gasteiger partial charge is 0.691 e. The molecule has 0 aromatic carbocycles. The van der Waals surface area contributed by atoms with Gasteiger partial charge in [-0.3, -0.25) is 9.83 Å². The number of alkyl halides is 2. The van der Waals surface area contributed by atoms with Gasteiger partial charge in [-0.25, -0.2) is 4.79 Å². The first-order valence-corrected chi connectivity index (χ1v) is 8.95. The second-order valence-corrected chi connectivity index (χ2v) is 8.01. The van der Waals surface area contributed by atoms with E-state index in [0.29, 0.717) is 32.1 Å². The first-order chi connectivity index (χ1) is 12.3. The Balaban J connectivity index is 1.67. The third kappa shape index (κ3) is 3.68. The van der Waals surface area contributed by atoms with Gasteiger partial charge in [-0.1, -0.05) is 0 Å². The second-order valence-electron chi connectivity index (χ2n) is 7.19. The fourth-order valence-corrected chi connectivity index (χ4v) is 5.20. The van der Waals surface area contributed by atoms with Crippen LogP contribution in [0.3, 0.4) is 0 Å². The lowest BCUT2D eigenvalue weighted by atomic mass is 9.48. The van der Waals surface area contributed by atoms with Crippen LogP contribution in [0.5, 0.6) is 0 Å². The van der Waals surface area contributed by atoms with Crippen molar-refractivity contribution in [2.75, 3.05) is 13.9 Å². The van der Waals surface area contributed by atoms with Crippen LogP contribution < -0.4 is 5.26 Å². The predicted molar refractivity (Wildman–Crippen MR) is 78.5 cm³/mol. The highest BCUT2D eigenvalue weighted by Gasteiger charge is 2.61. The fourth-order valence-electron chi connectivity index (χ4n) is 4.97. The van der Waals surface area contributed by atoms with E-state index in [2.05, 4.69) is 9.37 Å². The molecule has 4 bridgehead atoms. The van der Waals surface area contributed by atoms with Gasteiger partial charge in [0, 0.05) is 7.11 Å². The molecular formula is C15H19F2O8S-. The predicted octanol–water partition coefficient (Wildman–Crippen LogP) is 1.34. The van der Waals surface area contributed by atoms with Crippen molar-refractivity contribution in [3.8, 4) is 0 Å². The topological polar surface area (TPSA) is 103 Å². The minimum Gasteiger partial charge on any atom is -0.691 e. The molecule has 0 aromatic rings. The van der Waals surface area contributed by atoms with Crippen molar-refractivity contribution < 1.29 is 47.2 Å². The summed E-state index contributed by atoms with van der Waals surface area (Å²) in [7, 11) is 1.42. The summed E-state index contributed by atoms with van der Waals surface area (Å²) >= 11 is -0.705. The van der Waals surface area contributed by atoms with Gasteiger partial charge in [-0.15, -0.1) is 0 Å². The highest BCUT2D eigenvalue weighted by Crippen LogP contribution is 2.61. The van der Waals surface area contributed by atoms with E-state index < -0.39 is 34.8 Å². The highest BCUT2D eigenvalue weighted by molar-refractivity contribution is 7.96. The first kappa shape index (κ1) is 19.7. The van der Waals surface area contributed by atoms with Gasteiger partial charge >= 0.3 is 17.2 Å². The summed E-state index contributed by atoms with van der Waals surface area (Å²) in [5.41, 5.74) is -0.658. The Bertz CT molecular complexity index is 544. The van der Waals surface area contributed by atoms with Gasteiger partial charge in [-0.05, 0) is 49.9 Å². The molecule has 4 aliphatic rings. The standard InChI is InChI=1S/C15H20F2O8S/c1-21-7-22-12(18)14-4-8-2-9(5-14)11(10(3-8)6-14)23-13(19)15(16,17)26-25-24-20/h8-11,20H,2-7H2,1H3/p-1. The highest BCUT2D eigenvalue weighted by atomic mass is 32.2. The van der Waals surface area contributed by atoms with E-state index in [1.54, 1.807) is 0 Å². The molecule has 2 atom stereocenters. The molecule has 0 saturated heterocycles. The van der Waals surface area contributed by atoms with Gasteiger partial charge in [0.2, 0.25) is 0 Å². The molecule has 0 aromatic heterocycles. The normalized spacial score (nSPS) is 35.4. The van der Waals surface area contributed by atoms with Crippen molar-refractivity contribution in [1.82, 2.24) is 0 Å². The Hall–Kier alpha value is -1.01. The van der Waals surface area contributed by atoms with E-state index in [1.165, 1.54) is 7.11 Å². The van der Waals surface area contributed by atoms with E-state index in [4.69, 9.17) is 14.2 Å². The van der Waals surface area contributed by atoms with Crippen molar-refractivity contribution in [3.05, 3.63) is 0 Å². The molecule has 4 saturated carbocycles. The SMILES string of the molecule is COCOC(=O)C12CC3CC(C1)C(OC(=O)C(F)(F)SOO[O-])C(C3)C2. The zero-order chi connectivity index (χ0) is 18.9.